The van der Waals surface area contributed by atoms with Crippen molar-refractivity contribution in [1.29, 1.82) is 0 Å². The largest absolute Gasteiger partial charge is 0.505 e. The number of aryl methyl sites for hydroxylation is 1. The Morgan fingerprint density at radius 2 is 1.74 bits per heavy atom. The summed E-state index contributed by atoms with van der Waals surface area (Å²) in [6.07, 6.45) is 3.26. The number of rotatable bonds is 8. The van der Waals surface area contributed by atoms with E-state index in [0.29, 0.717) is 37.4 Å². The maximum atomic E-state index is 13.5. The molecule has 0 bridgehead atoms. The molecule has 3 aromatic rings. The van der Waals surface area contributed by atoms with E-state index in [1.165, 1.54) is 5.56 Å². The number of pyridine rings is 1. The van der Waals surface area contributed by atoms with E-state index < -0.39 is 5.88 Å². The second kappa shape index (κ2) is 10.6. The first-order valence-corrected chi connectivity index (χ1v) is 12.2. The number of aromatic nitrogens is 1. The molecule has 1 fully saturated rings. The van der Waals surface area contributed by atoms with Gasteiger partial charge in [-0.1, -0.05) is 61.9 Å². The van der Waals surface area contributed by atoms with Crippen LogP contribution in [0.5, 0.6) is 11.6 Å². The fraction of sp³-hybridized carbons (Fsp3) is 0.357. The average molecular weight is 460 g/mol. The number of carbonyl (C=O) groups excluding carboxylic acids is 1. The first-order valence-electron chi connectivity index (χ1n) is 12.2. The Balaban J connectivity index is 1.72. The number of unbranched alkanes of at least 4 members (excludes halogenated alkanes) is 1. The van der Waals surface area contributed by atoms with Gasteiger partial charge in [0, 0.05) is 31.2 Å². The van der Waals surface area contributed by atoms with Crippen molar-refractivity contribution < 1.29 is 15.0 Å². The lowest BCUT2D eigenvalue weighted by molar-refractivity contribution is 0.0783. The van der Waals surface area contributed by atoms with Gasteiger partial charge in [0.25, 0.3) is 5.91 Å². The van der Waals surface area contributed by atoms with Crippen molar-refractivity contribution in [3.8, 4) is 11.6 Å². The van der Waals surface area contributed by atoms with Gasteiger partial charge < -0.3 is 20.0 Å². The summed E-state index contributed by atoms with van der Waals surface area (Å²) >= 11 is 0. The second-order valence-corrected chi connectivity index (χ2v) is 8.79. The van der Waals surface area contributed by atoms with Gasteiger partial charge in [-0.25, -0.2) is 4.98 Å². The standard InChI is InChI=1S/C28H33N3O3/c1-3-5-16-23-25(31(4-2)22-14-10-7-11-15-22)26(32)24(27(33)29-23)28(34)30-18-17-21(19-30)20-12-8-6-9-13-20/h6-15,21H,3-5,16-19H2,1-2H3,(H2,29,32,33)/t21-/m0/s1. The third-order valence-electron chi connectivity index (χ3n) is 6.58. The quantitative estimate of drug-likeness (QED) is 0.457. The highest BCUT2D eigenvalue weighted by molar-refractivity contribution is 6.01. The van der Waals surface area contributed by atoms with Crippen LogP contribution in [0.4, 0.5) is 11.4 Å². The molecule has 6 nitrogen and oxygen atoms in total. The number of para-hydroxylation sites is 1. The predicted molar refractivity (Wildman–Crippen MR) is 135 cm³/mol. The topological polar surface area (TPSA) is 76.9 Å². The highest BCUT2D eigenvalue weighted by Crippen LogP contribution is 2.43. The van der Waals surface area contributed by atoms with Crippen LogP contribution in [0.3, 0.4) is 0 Å². The van der Waals surface area contributed by atoms with Crippen LogP contribution in [0.1, 0.15) is 60.6 Å². The molecule has 1 aliphatic rings. The SMILES string of the molecule is CCCCc1nc(O)c(C(=O)N2CC[C@H](c3ccccc3)C2)c(O)c1N(CC)c1ccccc1. The van der Waals surface area contributed by atoms with Gasteiger partial charge in [-0.3, -0.25) is 4.79 Å². The Morgan fingerprint density at radius 3 is 2.38 bits per heavy atom. The van der Waals surface area contributed by atoms with Crippen LogP contribution >= 0.6 is 0 Å². The number of benzene rings is 2. The highest BCUT2D eigenvalue weighted by Gasteiger charge is 2.34. The first-order chi connectivity index (χ1) is 16.5. The van der Waals surface area contributed by atoms with Crippen LogP contribution < -0.4 is 4.90 Å². The van der Waals surface area contributed by atoms with Crippen molar-refractivity contribution in [2.45, 2.75) is 45.4 Å². The van der Waals surface area contributed by atoms with Gasteiger partial charge in [0.15, 0.2) is 5.75 Å². The minimum absolute atomic E-state index is 0.113. The van der Waals surface area contributed by atoms with Crippen molar-refractivity contribution in [3.63, 3.8) is 0 Å². The van der Waals surface area contributed by atoms with E-state index >= 15 is 0 Å². The molecular weight excluding hydrogens is 426 g/mol. The van der Waals surface area contributed by atoms with Crippen LogP contribution in [0, 0.1) is 0 Å². The van der Waals surface area contributed by atoms with E-state index in [4.69, 9.17) is 0 Å². The maximum absolute atomic E-state index is 13.5. The summed E-state index contributed by atoms with van der Waals surface area (Å²) in [5.41, 5.74) is 3.08. The number of anilines is 2. The number of hydrogen-bond donors (Lipinski definition) is 2. The van der Waals surface area contributed by atoms with Crippen LogP contribution in [0.25, 0.3) is 0 Å². The summed E-state index contributed by atoms with van der Waals surface area (Å²) in [6, 6.07) is 19.9. The van der Waals surface area contributed by atoms with Crippen molar-refractivity contribution in [3.05, 3.63) is 77.5 Å². The molecule has 4 rings (SSSR count). The van der Waals surface area contributed by atoms with Crippen molar-refractivity contribution in [1.82, 2.24) is 9.88 Å². The van der Waals surface area contributed by atoms with Crippen LogP contribution in [-0.2, 0) is 6.42 Å². The number of carbonyl (C=O) groups is 1. The van der Waals surface area contributed by atoms with Gasteiger partial charge in [0.2, 0.25) is 5.88 Å². The Kier molecular flexibility index (Phi) is 7.36. The van der Waals surface area contributed by atoms with Crippen molar-refractivity contribution >= 4 is 17.3 Å². The Bertz CT molecular complexity index is 1120. The summed E-state index contributed by atoms with van der Waals surface area (Å²) in [7, 11) is 0. The van der Waals surface area contributed by atoms with Gasteiger partial charge in [-0.15, -0.1) is 0 Å². The summed E-state index contributed by atoms with van der Waals surface area (Å²) in [6.45, 7) is 5.78. The maximum Gasteiger partial charge on any atom is 0.263 e. The zero-order valence-electron chi connectivity index (χ0n) is 19.9. The average Bonchev–Trinajstić information content (AvgIpc) is 3.36. The van der Waals surface area contributed by atoms with E-state index in [2.05, 4.69) is 24.0 Å². The molecule has 1 saturated heterocycles. The molecule has 2 heterocycles. The van der Waals surface area contributed by atoms with E-state index in [-0.39, 0.29) is 23.1 Å². The van der Waals surface area contributed by atoms with Gasteiger partial charge in [-0.2, -0.15) is 0 Å². The zero-order chi connectivity index (χ0) is 24.1. The van der Waals surface area contributed by atoms with E-state index in [9.17, 15) is 15.0 Å². The van der Waals surface area contributed by atoms with Gasteiger partial charge >= 0.3 is 0 Å². The number of likely N-dealkylation sites (tertiary alicyclic amines) is 1. The fourth-order valence-corrected chi connectivity index (χ4v) is 4.77. The zero-order valence-corrected chi connectivity index (χ0v) is 19.9. The molecule has 6 heteroatoms. The summed E-state index contributed by atoms with van der Waals surface area (Å²) in [5, 5.41) is 22.2. The molecule has 0 saturated carbocycles. The Morgan fingerprint density at radius 1 is 1.06 bits per heavy atom. The predicted octanol–water partition coefficient (Wildman–Crippen LogP) is 5.62. The molecule has 2 N–H and O–H groups in total. The van der Waals surface area contributed by atoms with Crippen molar-refractivity contribution in [2.24, 2.45) is 0 Å². The summed E-state index contributed by atoms with van der Waals surface area (Å²) < 4.78 is 0. The van der Waals surface area contributed by atoms with E-state index in [0.717, 1.165) is 24.9 Å². The lowest BCUT2D eigenvalue weighted by Crippen LogP contribution is -2.29. The Hall–Kier alpha value is -3.54. The third kappa shape index (κ3) is 4.72. The van der Waals surface area contributed by atoms with Gasteiger partial charge in [-0.05, 0) is 43.9 Å². The smallest absolute Gasteiger partial charge is 0.263 e. The molecule has 0 radical (unpaired) electrons. The minimum atomic E-state index is -0.398. The van der Waals surface area contributed by atoms with Crippen LogP contribution in [0.15, 0.2) is 60.7 Å². The lowest BCUT2D eigenvalue weighted by atomic mass is 9.99. The number of nitrogens with zero attached hydrogens (tertiary/aromatic N) is 3. The number of aromatic hydroxyl groups is 2. The van der Waals surface area contributed by atoms with Crippen LogP contribution in [0.2, 0.25) is 0 Å². The molecule has 2 aromatic carbocycles. The molecule has 1 aliphatic heterocycles. The normalized spacial score (nSPS) is 15.5. The lowest BCUT2D eigenvalue weighted by Gasteiger charge is -2.28. The van der Waals surface area contributed by atoms with E-state index in [1.54, 1.807) is 4.90 Å². The molecule has 178 valence electrons. The van der Waals surface area contributed by atoms with Gasteiger partial charge in [0.1, 0.15) is 11.3 Å². The molecule has 0 spiro atoms. The summed E-state index contributed by atoms with van der Waals surface area (Å²) in [4.78, 5) is 21.6. The highest BCUT2D eigenvalue weighted by atomic mass is 16.3. The second-order valence-electron chi connectivity index (χ2n) is 8.79. The molecule has 0 unspecified atom stereocenters. The van der Waals surface area contributed by atoms with Crippen LogP contribution in [-0.4, -0.2) is 45.6 Å². The number of amides is 1. The van der Waals surface area contributed by atoms with Crippen molar-refractivity contribution in [2.75, 3.05) is 24.5 Å². The molecule has 34 heavy (non-hydrogen) atoms. The molecule has 1 amide bonds. The molecule has 0 aliphatic carbocycles. The third-order valence-corrected chi connectivity index (χ3v) is 6.58. The monoisotopic (exact) mass is 459 g/mol. The Labute approximate surface area is 201 Å². The first kappa shape index (κ1) is 23.6. The fourth-order valence-electron chi connectivity index (χ4n) is 4.77. The molecule has 1 aromatic heterocycles. The minimum Gasteiger partial charge on any atom is -0.505 e. The molecular formula is C28H33N3O3. The van der Waals surface area contributed by atoms with E-state index in [1.807, 2.05) is 60.4 Å². The number of hydrogen-bond acceptors (Lipinski definition) is 5. The summed E-state index contributed by atoms with van der Waals surface area (Å²) in [5.74, 6) is -0.738. The van der Waals surface area contributed by atoms with Gasteiger partial charge in [0.05, 0.1) is 5.69 Å². The molecule has 1 atom stereocenters.